The number of aromatic nitrogens is 3. The number of nitrogens with zero attached hydrogens (tertiary/aromatic N) is 4. The van der Waals surface area contributed by atoms with E-state index in [9.17, 15) is 0 Å². The van der Waals surface area contributed by atoms with E-state index < -0.39 is 0 Å². The highest BCUT2D eigenvalue weighted by atomic mass is 15.4. The standard InChI is InChI=1S/C15H31N5/c1-6-15(7-2,11-16)19(8-3)10-14-17-12-18-20(14)9-13(4)5/h12-13H,6-11,16H2,1-5H3. The molecule has 1 heterocycles. The molecule has 5 heteroatoms. The quantitative estimate of drug-likeness (QED) is 0.754. The topological polar surface area (TPSA) is 60.0 Å². The van der Waals surface area contributed by atoms with Gasteiger partial charge in [-0.25, -0.2) is 9.67 Å². The Hall–Kier alpha value is -0.940. The Kier molecular flexibility index (Phi) is 6.62. The molecule has 0 aliphatic heterocycles. The van der Waals surface area contributed by atoms with Crippen LogP contribution in [0.5, 0.6) is 0 Å². The minimum atomic E-state index is 0.0728. The van der Waals surface area contributed by atoms with E-state index >= 15 is 0 Å². The van der Waals surface area contributed by atoms with Crippen LogP contribution < -0.4 is 5.73 Å². The SMILES string of the molecule is CCN(Cc1ncnn1CC(C)C)C(CC)(CC)CN. The largest absolute Gasteiger partial charge is 0.329 e. The van der Waals surface area contributed by atoms with Gasteiger partial charge in [0.1, 0.15) is 12.2 Å². The molecule has 0 unspecified atom stereocenters. The minimum Gasteiger partial charge on any atom is -0.329 e. The highest BCUT2D eigenvalue weighted by Crippen LogP contribution is 2.24. The Bertz CT molecular complexity index is 373. The van der Waals surface area contributed by atoms with E-state index in [1.807, 2.05) is 4.68 Å². The molecule has 2 N–H and O–H groups in total. The summed E-state index contributed by atoms with van der Waals surface area (Å²) in [5, 5.41) is 4.35. The summed E-state index contributed by atoms with van der Waals surface area (Å²) in [7, 11) is 0. The van der Waals surface area contributed by atoms with Gasteiger partial charge in [0.25, 0.3) is 0 Å². The van der Waals surface area contributed by atoms with E-state index in [1.165, 1.54) is 0 Å². The molecule has 1 rings (SSSR count). The molecular formula is C15H31N5. The average molecular weight is 281 g/mol. The molecule has 1 aromatic rings. The van der Waals surface area contributed by atoms with Crippen molar-refractivity contribution < 1.29 is 0 Å². The second kappa shape index (κ2) is 7.74. The molecular weight excluding hydrogens is 250 g/mol. The van der Waals surface area contributed by atoms with Gasteiger partial charge in [-0.1, -0.05) is 34.6 Å². The van der Waals surface area contributed by atoms with Crippen LogP contribution in [0.4, 0.5) is 0 Å². The lowest BCUT2D eigenvalue weighted by Gasteiger charge is -2.41. The van der Waals surface area contributed by atoms with Crippen LogP contribution in [0, 0.1) is 5.92 Å². The predicted molar refractivity (Wildman–Crippen MR) is 83.3 cm³/mol. The molecule has 116 valence electrons. The first kappa shape index (κ1) is 17.1. The number of nitrogens with two attached hydrogens (primary N) is 1. The van der Waals surface area contributed by atoms with Crippen molar-refractivity contribution in [2.75, 3.05) is 13.1 Å². The first-order valence-electron chi connectivity index (χ1n) is 7.84. The van der Waals surface area contributed by atoms with Crippen molar-refractivity contribution >= 4 is 0 Å². The second-order valence-electron chi connectivity index (χ2n) is 5.90. The highest BCUT2D eigenvalue weighted by molar-refractivity contribution is 4.94. The van der Waals surface area contributed by atoms with Crippen LogP contribution in [0.2, 0.25) is 0 Å². The molecule has 1 aromatic heterocycles. The first-order valence-corrected chi connectivity index (χ1v) is 7.84. The van der Waals surface area contributed by atoms with Gasteiger partial charge in [-0.15, -0.1) is 0 Å². The summed E-state index contributed by atoms with van der Waals surface area (Å²) in [5.41, 5.74) is 6.14. The Labute approximate surface area is 123 Å². The number of hydrogen-bond donors (Lipinski definition) is 1. The van der Waals surface area contributed by atoms with Crippen LogP contribution >= 0.6 is 0 Å². The monoisotopic (exact) mass is 281 g/mol. The van der Waals surface area contributed by atoms with Crippen molar-refractivity contribution in [2.45, 2.75) is 66.1 Å². The lowest BCUT2D eigenvalue weighted by atomic mass is 9.90. The van der Waals surface area contributed by atoms with Crippen molar-refractivity contribution in [1.82, 2.24) is 19.7 Å². The lowest BCUT2D eigenvalue weighted by molar-refractivity contribution is 0.0781. The molecule has 0 fully saturated rings. The average Bonchev–Trinajstić information content (AvgIpc) is 2.86. The molecule has 20 heavy (non-hydrogen) atoms. The molecule has 0 saturated heterocycles. The van der Waals surface area contributed by atoms with Gasteiger partial charge in [-0.05, 0) is 25.3 Å². The van der Waals surface area contributed by atoms with Crippen LogP contribution in [0.3, 0.4) is 0 Å². The minimum absolute atomic E-state index is 0.0728. The Morgan fingerprint density at radius 2 is 1.95 bits per heavy atom. The predicted octanol–water partition coefficient (Wildman–Crippen LogP) is 2.27. The number of likely N-dealkylation sites (N-methyl/N-ethyl adjacent to an activating group) is 1. The van der Waals surface area contributed by atoms with Crippen molar-refractivity contribution in [1.29, 1.82) is 0 Å². The van der Waals surface area contributed by atoms with E-state index in [0.717, 1.165) is 38.3 Å². The van der Waals surface area contributed by atoms with Gasteiger partial charge in [0.2, 0.25) is 0 Å². The van der Waals surface area contributed by atoms with Crippen molar-refractivity contribution in [3.05, 3.63) is 12.2 Å². The fourth-order valence-corrected chi connectivity index (χ4v) is 2.81. The molecule has 0 atom stereocenters. The molecule has 0 radical (unpaired) electrons. The summed E-state index contributed by atoms with van der Waals surface area (Å²) >= 11 is 0. The molecule has 0 bridgehead atoms. The highest BCUT2D eigenvalue weighted by Gasteiger charge is 2.31. The molecule has 5 nitrogen and oxygen atoms in total. The maximum atomic E-state index is 6.07. The third kappa shape index (κ3) is 3.79. The fourth-order valence-electron chi connectivity index (χ4n) is 2.81. The molecule has 0 spiro atoms. The van der Waals surface area contributed by atoms with Gasteiger partial charge in [0, 0.05) is 18.6 Å². The molecule has 0 amide bonds. The van der Waals surface area contributed by atoms with Crippen molar-refractivity contribution in [2.24, 2.45) is 11.7 Å². The van der Waals surface area contributed by atoms with E-state index in [4.69, 9.17) is 5.73 Å². The zero-order valence-corrected chi connectivity index (χ0v) is 13.8. The third-order valence-corrected chi connectivity index (χ3v) is 4.31. The third-order valence-electron chi connectivity index (χ3n) is 4.31. The van der Waals surface area contributed by atoms with E-state index in [0.29, 0.717) is 12.5 Å². The van der Waals surface area contributed by atoms with Gasteiger partial charge in [-0.3, -0.25) is 4.90 Å². The normalized spacial score (nSPS) is 12.6. The lowest BCUT2D eigenvalue weighted by Crippen LogP contribution is -2.53. The Morgan fingerprint density at radius 1 is 1.30 bits per heavy atom. The Balaban J connectivity index is 2.90. The molecule has 0 aliphatic carbocycles. The molecule has 0 aromatic carbocycles. The Morgan fingerprint density at radius 3 is 2.40 bits per heavy atom. The maximum absolute atomic E-state index is 6.07. The second-order valence-corrected chi connectivity index (χ2v) is 5.90. The van der Waals surface area contributed by atoms with Crippen molar-refractivity contribution in [3.8, 4) is 0 Å². The van der Waals surface area contributed by atoms with Crippen LogP contribution in [0.15, 0.2) is 6.33 Å². The van der Waals surface area contributed by atoms with Gasteiger partial charge in [-0.2, -0.15) is 5.10 Å². The molecule has 0 saturated carbocycles. The fraction of sp³-hybridized carbons (Fsp3) is 0.867. The zero-order chi connectivity index (χ0) is 15.2. The number of hydrogen-bond acceptors (Lipinski definition) is 4. The smallest absolute Gasteiger partial charge is 0.141 e. The van der Waals surface area contributed by atoms with E-state index in [2.05, 4.69) is 49.6 Å². The van der Waals surface area contributed by atoms with Gasteiger partial charge < -0.3 is 5.73 Å². The summed E-state index contributed by atoms with van der Waals surface area (Å²) in [6, 6.07) is 0. The van der Waals surface area contributed by atoms with Gasteiger partial charge in [0.15, 0.2) is 0 Å². The summed E-state index contributed by atoms with van der Waals surface area (Å²) in [5.74, 6) is 1.61. The van der Waals surface area contributed by atoms with Gasteiger partial charge in [0.05, 0.1) is 6.54 Å². The van der Waals surface area contributed by atoms with Crippen LogP contribution in [0.25, 0.3) is 0 Å². The van der Waals surface area contributed by atoms with E-state index in [-0.39, 0.29) is 5.54 Å². The van der Waals surface area contributed by atoms with Crippen LogP contribution in [-0.4, -0.2) is 38.3 Å². The zero-order valence-electron chi connectivity index (χ0n) is 13.8. The van der Waals surface area contributed by atoms with Crippen molar-refractivity contribution in [3.63, 3.8) is 0 Å². The summed E-state index contributed by atoms with van der Waals surface area (Å²) in [6.45, 7) is 14.4. The molecule has 0 aliphatic rings. The van der Waals surface area contributed by atoms with Gasteiger partial charge >= 0.3 is 0 Å². The van der Waals surface area contributed by atoms with Crippen LogP contribution in [0.1, 0.15) is 53.3 Å². The van der Waals surface area contributed by atoms with Crippen LogP contribution in [-0.2, 0) is 13.1 Å². The summed E-state index contributed by atoms with van der Waals surface area (Å²) in [6.07, 6.45) is 3.78. The summed E-state index contributed by atoms with van der Waals surface area (Å²) < 4.78 is 2.03. The summed E-state index contributed by atoms with van der Waals surface area (Å²) in [4.78, 5) is 6.89. The van der Waals surface area contributed by atoms with E-state index in [1.54, 1.807) is 6.33 Å². The maximum Gasteiger partial charge on any atom is 0.141 e. The first-order chi connectivity index (χ1) is 9.52. The number of rotatable bonds is 9.